The Morgan fingerprint density at radius 2 is 1.14 bits per heavy atom. The first kappa shape index (κ1) is 18.5. The van der Waals surface area contributed by atoms with Crippen LogP contribution in [0.3, 0.4) is 0 Å². The Labute approximate surface area is 169 Å². The van der Waals surface area contributed by atoms with Crippen molar-refractivity contribution in [3.8, 4) is 34.2 Å². The minimum atomic E-state index is -0.424. The molecule has 1 aromatic heterocycles. The van der Waals surface area contributed by atoms with Crippen molar-refractivity contribution in [3.63, 3.8) is 0 Å². The molecule has 0 saturated carbocycles. The molecule has 0 bridgehead atoms. The van der Waals surface area contributed by atoms with E-state index in [1.54, 1.807) is 42.5 Å². The van der Waals surface area contributed by atoms with Gasteiger partial charge in [-0.25, -0.2) is 23.7 Å². The summed E-state index contributed by atoms with van der Waals surface area (Å²) < 4.78 is 27.4. The van der Waals surface area contributed by atoms with Crippen molar-refractivity contribution in [2.75, 3.05) is 0 Å². The third kappa shape index (κ3) is 3.86. The van der Waals surface area contributed by atoms with E-state index in [9.17, 15) is 8.78 Å². The molecule has 7 heteroatoms. The van der Waals surface area contributed by atoms with Crippen LogP contribution in [0.5, 0.6) is 0 Å². The number of halogens is 4. The molecule has 4 rings (SSSR count). The maximum absolute atomic E-state index is 13.7. The second-order valence-corrected chi connectivity index (χ2v) is 6.79. The molecule has 4 aromatic rings. The molecular formula is C21H11Cl2F2N3. The summed E-state index contributed by atoms with van der Waals surface area (Å²) in [6.07, 6.45) is 0. The van der Waals surface area contributed by atoms with E-state index in [0.29, 0.717) is 26.7 Å². The van der Waals surface area contributed by atoms with Crippen LogP contribution in [0.4, 0.5) is 8.78 Å². The van der Waals surface area contributed by atoms with E-state index in [1.807, 2.05) is 0 Å². The number of hydrogen-bond acceptors (Lipinski definition) is 3. The molecule has 0 spiro atoms. The Hall–Kier alpha value is -2.89. The Morgan fingerprint density at radius 1 is 0.607 bits per heavy atom. The summed E-state index contributed by atoms with van der Waals surface area (Å²) in [5, 5.41) is 0.852. The lowest BCUT2D eigenvalue weighted by molar-refractivity contribution is 0.628. The zero-order valence-electron chi connectivity index (χ0n) is 14.2. The first-order valence-electron chi connectivity index (χ1n) is 8.23. The highest BCUT2D eigenvalue weighted by atomic mass is 35.5. The van der Waals surface area contributed by atoms with Gasteiger partial charge in [0.25, 0.3) is 0 Å². The lowest BCUT2D eigenvalue weighted by atomic mass is 10.1. The Kier molecular flexibility index (Phi) is 5.03. The van der Waals surface area contributed by atoms with Gasteiger partial charge in [-0.1, -0.05) is 47.5 Å². The Balaban J connectivity index is 1.97. The molecule has 0 radical (unpaired) electrons. The molecule has 138 valence electrons. The summed E-state index contributed by atoms with van der Waals surface area (Å²) in [5.74, 6) is -0.124. The van der Waals surface area contributed by atoms with Crippen LogP contribution >= 0.6 is 23.2 Å². The zero-order chi connectivity index (χ0) is 19.7. The highest BCUT2D eigenvalue weighted by Gasteiger charge is 2.15. The summed E-state index contributed by atoms with van der Waals surface area (Å²) in [7, 11) is 0. The number of benzene rings is 3. The molecule has 28 heavy (non-hydrogen) atoms. The van der Waals surface area contributed by atoms with Gasteiger partial charge in [0.2, 0.25) is 0 Å². The normalized spacial score (nSPS) is 10.9. The maximum atomic E-state index is 13.7. The number of aromatic nitrogens is 3. The molecule has 1 heterocycles. The molecule has 0 saturated heterocycles. The molecule has 0 amide bonds. The smallest absolute Gasteiger partial charge is 0.165 e. The average Bonchev–Trinajstić information content (AvgIpc) is 2.69. The van der Waals surface area contributed by atoms with Crippen LogP contribution in [0.1, 0.15) is 0 Å². The predicted octanol–water partition coefficient (Wildman–Crippen LogP) is 6.46. The van der Waals surface area contributed by atoms with Gasteiger partial charge >= 0.3 is 0 Å². The van der Waals surface area contributed by atoms with Crippen molar-refractivity contribution in [2.45, 2.75) is 0 Å². The monoisotopic (exact) mass is 413 g/mol. The first-order valence-corrected chi connectivity index (χ1v) is 8.98. The lowest BCUT2D eigenvalue weighted by Gasteiger charge is -2.09. The molecule has 3 nitrogen and oxygen atoms in total. The first-order chi connectivity index (χ1) is 13.5. The maximum Gasteiger partial charge on any atom is 0.165 e. The Bertz CT molecular complexity index is 1120. The molecule has 0 fully saturated rings. The van der Waals surface area contributed by atoms with Gasteiger partial charge in [0.1, 0.15) is 11.6 Å². The zero-order valence-corrected chi connectivity index (χ0v) is 15.7. The van der Waals surface area contributed by atoms with Crippen LogP contribution in [0.25, 0.3) is 34.2 Å². The highest BCUT2D eigenvalue weighted by molar-refractivity contribution is 6.35. The van der Waals surface area contributed by atoms with Crippen molar-refractivity contribution < 1.29 is 8.78 Å². The minimum absolute atomic E-state index is 0.236. The quantitative estimate of drug-likeness (QED) is 0.386. The minimum Gasteiger partial charge on any atom is -0.208 e. The largest absolute Gasteiger partial charge is 0.208 e. The molecule has 0 unspecified atom stereocenters. The van der Waals surface area contributed by atoms with E-state index >= 15 is 0 Å². The molecule has 0 atom stereocenters. The molecule has 3 aromatic carbocycles. The fourth-order valence-corrected chi connectivity index (χ4v) is 3.05. The fourth-order valence-electron chi connectivity index (χ4n) is 2.68. The van der Waals surface area contributed by atoms with E-state index in [0.717, 1.165) is 0 Å². The van der Waals surface area contributed by atoms with E-state index in [4.69, 9.17) is 23.2 Å². The summed E-state index contributed by atoms with van der Waals surface area (Å²) in [4.78, 5) is 13.3. The SMILES string of the molecule is Fc1cccc(-c2nc(-c3cccc(F)c3)nc(-c3cc(Cl)ccc3Cl)n2)c1. The Morgan fingerprint density at radius 3 is 1.68 bits per heavy atom. The van der Waals surface area contributed by atoms with E-state index in [1.165, 1.54) is 24.3 Å². The van der Waals surface area contributed by atoms with Crippen LogP contribution in [0.15, 0.2) is 66.7 Å². The average molecular weight is 414 g/mol. The van der Waals surface area contributed by atoms with Crippen molar-refractivity contribution >= 4 is 23.2 Å². The van der Waals surface area contributed by atoms with Gasteiger partial charge in [0, 0.05) is 21.7 Å². The number of hydrogen-bond donors (Lipinski definition) is 0. The van der Waals surface area contributed by atoms with Crippen LogP contribution in [-0.4, -0.2) is 15.0 Å². The lowest BCUT2D eigenvalue weighted by Crippen LogP contribution is -2.01. The topological polar surface area (TPSA) is 38.7 Å². The van der Waals surface area contributed by atoms with Crippen molar-refractivity contribution in [1.82, 2.24) is 15.0 Å². The van der Waals surface area contributed by atoms with E-state index in [-0.39, 0.29) is 17.5 Å². The van der Waals surface area contributed by atoms with Crippen molar-refractivity contribution in [3.05, 3.63) is 88.4 Å². The standard InChI is InChI=1S/C21H11Cl2F2N3/c22-14-7-8-18(23)17(11-14)21-27-19(12-3-1-5-15(24)9-12)26-20(28-21)13-4-2-6-16(25)10-13/h1-11H. The van der Waals surface area contributed by atoms with Gasteiger partial charge in [-0.2, -0.15) is 0 Å². The summed E-state index contributed by atoms with van der Waals surface area (Å²) in [6, 6.07) is 16.7. The van der Waals surface area contributed by atoms with Gasteiger partial charge in [-0.3, -0.25) is 0 Å². The van der Waals surface area contributed by atoms with Gasteiger partial charge in [-0.05, 0) is 42.5 Å². The van der Waals surface area contributed by atoms with Crippen molar-refractivity contribution in [2.24, 2.45) is 0 Å². The van der Waals surface area contributed by atoms with Crippen LogP contribution < -0.4 is 0 Å². The summed E-state index contributed by atoms with van der Waals surface area (Å²) >= 11 is 12.4. The fraction of sp³-hybridized carbons (Fsp3) is 0. The van der Waals surface area contributed by atoms with Crippen LogP contribution in [0.2, 0.25) is 10.0 Å². The van der Waals surface area contributed by atoms with Crippen LogP contribution in [-0.2, 0) is 0 Å². The van der Waals surface area contributed by atoms with Gasteiger partial charge < -0.3 is 0 Å². The predicted molar refractivity (Wildman–Crippen MR) is 106 cm³/mol. The van der Waals surface area contributed by atoms with Gasteiger partial charge in [-0.15, -0.1) is 0 Å². The highest BCUT2D eigenvalue weighted by Crippen LogP contribution is 2.31. The van der Waals surface area contributed by atoms with Gasteiger partial charge in [0.15, 0.2) is 17.5 Å². The second kappa shape index (κ2) is 7.62. The summed E-state index contributed by atoms with van der Waals surface area (Å²) in [5.41, 5.74) is 1.41. The molecule has 0 aliphatic rings. The van der Waals surface area contributed by atoms with Gasteiger partial charge in [0.05, 0.1) is 5.02 Å². The molecule has 0 aliphatic heterocycles. The number of nitrogens with zero attached hydrogens (tertiary/aromatic N) is 3. The third-order valence-electron chi connectivity index (χ3n) is 3.97. The number of rotatable bonds is 3. The second-order valence-electron chi connectivity index (χ2n) is 5.95. The molecule has 0 N–H and O–H groups in total. The van der Waals surface area contributed by atoms with E-state index < -0.39 is 11.6 Å². The summed E-state index contributed by atoms with van der Waals surface area (Å²) in [6.45, 7) is 0. The van der Waals surface area contributed by atoms with Crippen LogP contribution in [0, 0.1) is 11.6 Å². The third-order valence-corrected chi connectivity index (χ3v) is 4.54. The van der Waals surface area contributed by atoms with E-state index in [2.05, 4.69) is 15.0 Å². The molecule has 0 aliphatic carbocycles. The van der Waals surface area contributed by atoms with Crippen molar-refractivity contribution in [1.29, 1.82) is 0 Å². The molecular weight excluding hydrogens is 403 g/mol.